The molecule has 1 rings (SSSR count). The summed E-state index contributed by atoms with van der Waals surface area (Å²) in [5.41, 5.74) is 8.16. The third-order valence-corrected chi connectivity index (χ3v) is 4.72. The van der Waals surface area contributed by atoms with Gasteiger partial charge in [0.1, 0.15) is 0 Å². The first-order chi connectivity index (χ1) is 7.92. The zero-order valence-electron chi connectivity index (χ0n) is 10.6. The number of rotatable bonds is 5. The number of benzene rings is 1. The van der Waals surface area contributed by atoms with Crippen molar-refractivity contribution in [2.24, 2.45) is 0 Å². The zero-order chi connectivity index (χ0) is 13.1. The number of hydrogen-bond acceptors (Lipinski definition) is 3. The average Bonchev–Trinajstić information content (AvgIpc) is 2.27. The predicted molar refractivity (Wildman–Crippen MR) is 72.7 cm³/mol. The number of nitrogens with zero attached hydrogens (tertiary/aromatic N) is 1. The molecule has 5 heteroatoms. The van der Waals surface area contributed by atoms with Crippen molar-refractivity contribution in [2.45, 2.75) is 26.7 Å². The lowest BCUT2D eigenvalue weighted by molar-refractivity contribution is 0.593. The van der Waals surface area contributed by atoms with Crippen LogP contribution in [0.4, 0.5) is 11.4 Å². The van der Waals surface area contributed by atoms with Crippen LogP contribution in [0.15, 0.2) is 18.2 Å². The molecule has 0 amide bonds. The number of nitrogens with two attached hydrogens (primary N) is 1. The van der Waals surface area contributed by atoms with Crippen LogP contribution in [0.1, 0.15) is 25.8 Å². The minimum Gasteiger partial charge on any atom is -0.398 e. The lowest BCUT2D eigenvalue weighted by atomic mass is 10.1. The van der Waals surface area contributed by atoms with Gasteiger partial charge in [0.15, 0.2) is 0 Å². The molecule has 2 N–H and O–H groups in total. The summed E-state index contributed by atoms with van der Waals surface area (Å²) in [7, 11) is -1.66. The van der Waals surface area contributed by atoms with Crippen LogP contribution in [0, 0.1) is 0 Å². The molecule has 0 radical (unpaired) electrons. The van der Waals surface area contributed by atoms with E-state index in [0.29, 0.717) is 17.8 Å². The van der Waals surface area contributed by atoms with Gasteiger partial charge >= 0.3 is 0 Å². The van der Waals surface area contributed by atoms with Gasteiger partial charge in [-0.05, 0) is 30.5 Å². The number of anilines is 2. The molecule has 0 bridgehead atoms. The Morgan fingerprint density at radius 1 is 1.29 bits per heavy atom. The number of hydrogen-bond donors (Lipinski definition) is 1. The smallest absolute Gasteiger partial charge is 0.234 e. The Bertz CT molecular complexity index is 483. The first-order valence-electron chi connectivity index (χ1n) is 5.77. The second kappa shape index (κ2) is 5.40. The normalized spacial score (nSPS) is 11.5. The summed E-state index contributed by atoms with van der Waals surface area (Å²) in [6, 6.07) is 5.39. The Hall–Kier alpha value is -1.23. The standard InChI is InChI=1S/C12H20N2O2S/c1-4-8-17(15,16)14(3)11-7-6-10(5-2)12(13)9-11/h6-7,9H,4-5,8,13H2,1-3H3. The van der Waals surface area contributed by atoms with Crippen LogP contribution in [0.2, 0.25) is 0 Å². The molecule has 96 valence electrons. The number of aryl methyl sites for hydroxylation is 1. The van der Waals surface area contributed by atoms with Gasteiger partial charge in [-0.1, -0.05) is 19.9 Å². The summed E-state index contributed by atoms with van der Waals surface area (Å²) < 4.78 is 25.1. The van der Waals surface area contributed by atoms with Gasteiger partial charge in [0.05, 0.1) is 11.4 Å². The summed E-state index contributed by atoms with van der Waals surface area (Å²) >= 11 is 0. The predicted octanol–water partition coefficient (Wildman–Crippen LogP) is 2.01. The fourth-order valence-corrected chi connectivity index (χ4v) is 2.88. The first kappa shape index (κ1) is 13.8. The number of nitrogen functional groups attached to an aromatic ring is 1. The van der Waals surface area contributed by atoms with Crippen molar-refractivity contribution in [3.63, 3.8) is 0 Å². The van der Waals surface area contributed by atoms with Gasteiger partial charge in [-0.25, -0.2) is 8.42 Å². The zero-order valence-corrected chi connectivity index (χ0v) is 11.4. The first-order valence-corrected chi connectivity index (χ1v) is 7.38. The molecule has 1 aromatic rings. The second-order valence-corrected chi connectivity index (χ2v) is 6.14. The summed E-state index contributed by atoms with van der Waals surface area (Å²) in [6.07, 6.45) is 1.45. The minimum absolute atomic E-state index is 0.152. The molecule has 0 aliphatic heterocycles. The molecule has 0 heterocycles. The highest BCUT2D eigenvalue weighted by atomic mass is 32.2. The van der Waals surface area contributed by atoms with Gasteiger partial charge in [0, 0.05) is 12.7 Å². The summed E-state index contributed by atoms with van der Waals surface area (Å²) in [4.78, 5) is 0. The van der Waals surface area contributed by atoms with E-state index < -0.39 is 10.0 Å². The van der Waals surface area contributed by atoms with Crippen LogP contribution in [-0.4, -0.2) is 21.2 Å². The van der Waals surface area contributed by atoms with E-state index in [-0.39, 0.29) is 5.75 Å². The molecule has 0 fully saturated rings. The van der Waals surface area contributed by atoms with Crippen molar-refractivity contribution in [3.8, 4) is 0 Å². The van der Waals surface area contributed by atoms with E-state index >= 15 is 0 Å². The van der Waals surface area contributed by atoms with E-state index in [2.05, 4.69) is 0 Å². The SMILES string of the molecule is CCCS(=O)(=O)N(C)c1ccc(CC)c(N)c1. The van der Waals surface area contributed by atoms with Crippen LogP contribution in [-0.2, 0) is 16.4 Å². The molecular formula is C12H20N2O2S. The van der Waals surface area contributed by atoms with Crippen LogP contribution < -0.4 is 10.0 Å². The van der Waals surface area contributed by atoms with Crippen LogP contribution in [0.25, 0.3) is 0 Å². The Morgan fingerprint density at radius 3 is 2.41 bits per heavy atom. The summed E-state index contributed by atoms with van der Waals surface area (Å²) in [5.74, 6) is 0.152. The van der Waals surface area contributed by atoms with Gasteiger partial charge in [-0.2, -0.15) is 0 Å². The minimum atomic E-state index is -3.22. The van der Waals surface area contributed by atoms with E-state index in [1.54, 1.807) is 19.2 Å². The van der Waals surface area contributed by atoms with Gasteiger partial charge in [-0.15, -0.1) is 0 Å². The molecular weight excluding hydrogens is 236 g/mol. The highest BCUT2D eigenvalue weighted by Gasteiger charge is 2.17. The average molecular weight is 256 g/mol. The van der Waals surface area contributed by atoms with Crippen molar-refractivity contribution >= 4 is 21.4 Å². The van der Waals surface area contributed by atoms with Crippen LogP contribution in [0.5, 0.6) is 0 Å². The molecule has 0 aromatic heterocycles. The third kappa shape index (κ3) is 3.12. The van der Waals surface area contributed by atoms with Crippen molar-refractivity contribution < 1.29 is 8.42 Å². The van der Waals surface area contributed by atoms with Crippen molar-refractivity contribution in [1.29, 1.82) is 0 Å². The Balaban J connectivity index is 3.05. The van der Waals surface area contributed by atoms with E-state index in [0.717, 1.165) is 12.0 Å². The molecule has 1 aromatic carbocycles. The molecule has 0 aliphatic rings. The maximum Gasteiger partial charge on any atom is 0.234 e. The van der Waals surface area contributed by atoms with Gasteiger partial charge in [0.25, 0.3) is 0 Å². The van der Waals surface area contributed by atoms with Crippen molar-refractivity contribution in [3.05, 3.63) is 23.8 Å². The highest BCUT2D eigenvalue weighted by Crippen LogP contribution is 2.23. The topological polar surface area (TPSA) is 63.4 Å². The fourth-order valence-electron chi connectivity index (χ4n) is 1.66. The summed E-state index contributed by atoms with van der Waals surface area (Å²) in [6.45, 7) is 3.86. The summed E-state index contributed by atoms with van der Waals surface area (Å²) in [5, 5.41) is 0. The van der Waals surface area contributed by atoms with Crippen LogP contribution in [0.3, 0.4) is 0 Å². The lowest BCUT2D eigenvalue weighted by Crippen LogP contribution is -2.28. The van der Waals surface area contributed by atoms with E-state index in [4.69, 9.17) is 5.73 Å². The number of sulfonamides is 1. The molecule has 0 atom stereocenters. The quantitative estimate of drug-likeness (QED) is 0.820. The van der Waals surface area contributed by atoms with Gasteiger partial charge in [-0.3, -0.25) is 4.31 Å². The Kier molecular flexibility index (Phi) is 4.40. The monoisotopic (exact) mass is 256 g/mol. The van der Waals surface area contributed by atoms with Crippen LogP contribution >= 0.6 is 0 Å². The van der Waals surface area contributed by atoms with E-state index in [1.165, 1.54) is 4.31 Å². The largest absolute Gasteiger partial charge is 0.398 e. The Morgan fingerprint density at radius 2 is 1.94 bits per heavy atom. The maximum atomic E-state index is 11.9. The molecule has 17 heavy (non-hydrogen) atoms. The van der Waals surface area contributed by atoms with Gasteiger partial charge < -0.3 is 5.73 Å². The van der Waals surface area contributed by atoms with Crippen molar-refractivity contribution in [2.75, 3.05) is 22.8 Å². The maximum absolute atomic E-state index is 11.9. The Labute approximate surface area is 103 Å². The molecule has 4 nitrogen and oxygen atoms in total. The lowest BCUT2D eigenvalue weighted by Gasteiger charge is -2.20. The fraction of sp³-hybridized carbons (Fsp3) is 0.500. The van der Waals surface area contributed by atoms with Gasteiger partial charge in [0.2, 0.25) is 10.0 Å². The third-order valence-electron chi connectivity index (χ3n) is 2.75. The molecule has 0 aliphatic carbocycles. The second-order valence-electron chi connectivity index (χ2n) is 4.02. The van der Waals surface area contributed by atoms with E-state index in [1.807, 2.05) is 19.9 Å². The molecule has 0 unspecified atom stereocenters. The van der Waals surface area contributed by atoms with E-state index in [9.17, 15) is 8.42 Å². The van der Waals surface area contributed by atoms with Crippen molar-refractivity contribution in [1.82, 2.24) is 0 Å². The molecule has 0 spiro atoms. The highest BCUT2D eigenvalue weighted by molar-refractivity contribution is 7.92. The molecule has 0 saturated heterocycles. The molecule has 0 saturated carbocycles.